The van der Waals surface area contributed by atoms with E-state index in [4.69, 9.17) is 0 Å². The molecule has 41 heavy (non-hydrogen) atoms. The Labute approximate surface area is 237 Å². The number of azo groups is 3. The van der Waals surface area contributed by atoms with Crippen molar-refractivity contribution in [3.05, 3.63) is 97.6 Å². The van der Waals surface area contributed by atoms with Gasteiger partial charge in [-0.05, 0) is 79.2 Å². The fourth-order valence-corrected chi connectivity index (χ4v) is 3.89. The summed E-state index contributed by atoms with van der Waals surface area (Å²) in [6, 6.07) is 23.4. The molecule has 12 nitrogen and oxygen atoms in total. The van der Waals surface area contributed by atoms with Crippen LogP contribution < -0.4 is 9.80 Å². The van der Waals surface area contributed by atoms with Gasteiger partial charge in [-0.2, -0.15) is 10.2 Å². The average Bonchev–Trinajstić information content (AvgIpc) is 3.74. The van der Waals surface area contributed by atoms with Gasteiger partial charge >= 0.3 is 0 Å². The van der Waals surface area contributed by atoms with Gasteiger partial charge in [-0.3, -0.25) is 0 Å². The van der Waals surface area contributed by atoms with E-state index < -0.39 is 0 Å². The molecule has 2 heterocycles. The Morgan fingerprint density at radius 2 is 0.854 bits per heavy atom. The molecule has 2 aromatic heterocycles. The van der Waals surface area contributed by atoms with Crippen LogP contribution in [0.1, 0.15) is 6.42 Å². The first-order valence-corrected chi connectivity index (χ1v) is 13.1. The van der Waals surface area contributed by atoms with Gasteiger partial charge in [-0.25, -0.2) is 9.97 Å². The molecule has 0 saturated heterocycles. The van der Waals surface area contributed by atoms with Crippen LogP contribution in [0.3, 0.4) is 0 Å². The molecule has 206 valence electrons. The molecule has 5 rings (SSSR count). The van der Waals surface area contributed by atoms with E-state index >= 15 is 0 Å². The molecule has 0 fully saturated rings. The number of H-pyrrole nitrogens is 2. The molecule has 12 heteroatoms. The summed E-state index contributed by atoms with van der Waals surface area (Å²) >= 11 is 0. The number of imidazole rings is 2. The van der Waals surface area contributed by atoms with Crippen molar-refractivity contribution < 1.29 is 0 Å². The van der Waals surface area contributed by atoms with Crippen molar-refractivity contribution in [1.82, 2.24) is 19.9 Å². The summed E-state index contributed by atoms with van der Waals surface area (Å²) < 4.78 is 0. The van der Waals surface area contributed by atoms with Crippen molar-refractivity contribution in [2.24, 2.45) is 30.7 Å². The molecule has 0 saturated carbocycles. The second-order valence-electron chi connectivity index (χ2n) is 9.17. The zero-order valence-electron chi connectivity index (χ0n) is 22.8. The molecule has 2 N–H and O–H groups in total. The lowest BCUT2D eigenvalue weighted by molar-refractivity contribution is 0.763. The van der Waals surface area contributed by atoms with Crippen molar-refractivity contribution >= 4 is 46.0 Å². The molecule has 5 aromatic rings. The predicted molar refractivity (Wildman–Crippen MR) is 160 cm³/mol. The number of anilines is 2. The number of aromatic amines is 2. The number of hydrogen-bond donors (Lipinski definition) is 2. The average molecular weight is 547 g/mol. The van der Waals surface area contributed by atoms with E-state index in [-0.39, 0.29) is 0 Å². The van der Waals surface area contributed by atoms with Gasteiger partial charge in [-0.15, -0.1) is 20.5 Å². The first-order chi connectivity index (χ1) is 20.1. The van der Waals surface area contributed by atoms with E-state index in [9.17, 15) is 0 Å². The standard InChI is InChI=1S/C29H30N12/c1-40(20-3-21-41(2)27-14-10-25(11-15-27)37-39-29-32-18-19-33-29)26-12-8-24(9-13-26)35-34-22-4-6-23(7-5-22)36-38-28-30-16-17-31-28/h4-19H,3,20-21H2,1-2H3,(H,30,31)(H,32,33). The fourth-order valence-electron chi connectivity index (χ4n) is 3.89. The number of nitrogens with zero attached hydrogens (tertiary/aromatic N) is 10. The van der Waals surface area contributed by atoms with Crippen LogP contribution in [0.15, 0.2) is 128 Å². The first-order valence-electron chi connectivity index (χ1n) is 13.1. The smallest absolute Gasteiger partial charge is 0.246 e. The number of benzene rings is 3. The molecule has 0 amide bonds. The molecule has 0 spiro atoms. The minimum absolute atomic E-state index is 0.462. The Hall–Kier alpha value is -5.52. The predicted octanol–water partition coefficient (Wildman–Crippen LogP) is 8.34. The largest absolute Gasteiger partial charge is 0.375 e. The zero-order chi connectivity index (χ0) is 28.3. The van der Waals surface area contributed by atoms with Crippen LogP contribution in [0, 0.1) is 0 Å². The Morgan fingerprint density at radius 3 is 1.20 bits per heavy atom. The maximum Gasteiger partial charge on any atom is 0.246 e. The summed E-state index contributed by atoms with van der Waals surface area (Å²) in [6.45, 7) is 1.84. The number of hydrogen-bond acceptors (Lipinski definition) is 10. The SMILES string of the molecule is CN(CCCN(C)c1ccc(N=Nc2ncc[nH]2)cc1)c1ccc(N=Nc2ccc(N=Nc3ncc[nH]3)cc2)cc1. The summed E-state index contributed by atoms with van der Waals surface area (Å²) in [5.41, 5.74) is 5.27. The summed E-state index contributed by atoms with van der Waals surface area (Å²) in [7, 11) is 4.19. The quantitative estimate of drug-likeness (QED) is 0.152. The van der Waals surface area contributed by atoms with Crippen molar-refractivity contribution in [3.63, 3.8) is 0 Å². The summed E-state index contributed by atoms with van der Waals surface area (Å²) in [5, 5.41) is 25.1. The summed E-state index contributed by atoms with van der Waals surface area (Å²) in [6.07, 6.45) is 7.70. The second-order valence-corrected chi connectivity index (χ2v) is 9.17. The highest BCUT2D eigenvalue weighted by atomic mass is 15.2. The van der Waals surface area contributed by atoms with Gasteiger partial charge in [0.25, 0.3) is 0 Å². The molecule has 0 bridgehead atoms. The van der Waals surface area contributed by atoms with E-state index in [1.54, 1.807) is 24.8 Å². The number of aromatic nitrogens is 4. The van der Waals surface area contributed by atoms with E-state index in [0.29, 0.717) is 17.6 Å². The van der Waals surface area contributed by atoms with Gasteiger partial charge in [-0.1, -0.05) is 0 Å². The molecular weight excluding hydrogens is 516 g/mol. The van der Waals surface area contributed by atoms with Crippen LogP contribution in [0.2, 0.25) is 0 Å². The number of nitrogens with one attached hydrogen (secondary N) is 2. The van der Waals surface area contributed by atoms with Crippen molar-refractivity contribution in [3.8, 4) is 0 Å². The fraction of sp³-hybridized carbons (Fsp3) is 0.172. The molecule has 0 aliphatic rings. The van der Waals surface area contributed by atoms with Crippen LogP contribution in [0.4, 0.5) is 46.0 Å². The second kappa shape index (κ2) is 13.5. The lowest BCUT2D eigenvalue weighted by atomic mass is 10.2. The van der Waals surface area contributed by atoms with E-state index in [2.05, 4.69) is 98.8 Å². The lowest BCUT2D eigenvalue weighted by Crippen LogP contribution is -2.25. The van der Waals surface area contributed by atoms with E-state index in [0.717, 1.165) is 47.9 Å². The first kappa shape index (κ1) is 27.1. The van der Waals surface area contributed by atoms with E-state index in [1.807, 2.05) is 48.5 Å². The van der Waals surface area contributed by atoms with Gasteiger partial charge < -0.3 is 19.8 Å². The third-order valence-corrected chi connectivity index (χ3v) is 6.19. The van der Waals surface area contributed by atoms with Gasteiger partial charge in [0, 0.05) is 63.3 Å². The van der Waals surface area contributed by atoms with Gasteiger partial charge in [0.1, 0.15) is 0 Å². The van der Waals surface area contributed by atoms with Crippen LogP contribution in [0.5, 0.6) is 0 Å². The van der Waals surface area contributed by atoms with Crippen molar-refractivity contribution in [2.75, 3.05) is 37.0 Å². The van der Waals surface area contributed by atoms with Gasteiger partial charge in [0.2, 0.25) is 11.9 Å². The minimum Gasteiger partial charge on any atom is -0.375 e. The topological polar surface area (TPSA) is 138 Å². The maximum absolute atomic E-state index is 4.36. The highest BCUT2D eigenvalue weighted by Gasteiger charge is 2.05. The summed E-state index contributed by atoms with van der Waals surface area (Å²) in [5.74, 6) is 0.950. The Balaban J connectivity index is 1.06. The van der Waals surface area contributed by atoms with Crippen LogP contribution in [-0.4, -0.2) is 47.1 Å². The lowest BCUT2D eigenvalue weighted by Gasteiger charge is -2.23. The number of rotatable bonds is 12. The monoisotopic (exact) mass is 546 g/mol. The molecule has 0 aliphatic carbocycles. The molecule has 0 unspecified atom stereocenters. The van der Waals surface area contributed by atoms with Gasteiger partial charge in [0.05, 0.1) is 22.7 Å². The normalized spacial score (nSPS) is 11.7. The minimum atomic E-state index is 0.462. The summed E-state index contributed by atoms with van der Waals surface area (Å²) in [4.78, 5) is 18.3. The Morgan fingerprint density at radius 1 is 0.512 bits per heavy atom. The van der Waals surface area contributed by atoms with Crippen molar-refractivity contribution in [1.29, 1.82) is 0 Å². The molecule has 0 radical (unpaired) electrons. The van der Waals surface area contributed by atoms with Crippen LogP contribution in [0.25, 0.3) is 0 Å². The van der Waals surface area contributed by atoms with Gasteiger partial charge in [0.15, 0.2) is 0 Å². The molecule has 0 aliphatic heterocycles. The van der Waals surface area contributed by atoms with E-state index in [1.165, 1.54) is 0 Å². The van der Waals surface area contributed by atoms with Crippen molar-refractivity contribution in [2.45, 2.75) is 6.42 Å². The third-order valence-electron chi connectivity index (χ3n) is 6.19. The molecule has 0 atom stereocenters. The molecular formula is C29H30N12. The Bertz CT molecular complexity index is 1550. The van der Waals surface area contributed by atoms with Crippen LogP contribution >= 0.6 is 0 Å². The Kier molecular flexibility index (Phi) is 8.92. The maximum atomic E-state index is 4.36. The third kappa shape index (κ3) is 7.99. The highest BCUT2D eigenvalue weighted by Crippen LogP contribution is 2.25. The highest BCUT2D eigenvalue weighted by molar-refractivity contribution is 5.54. The zero-order valence-corrected chi connectivity index (χ0v) is 22.8. The molecule has 3 aromatic carbocycles. The van der Waals surface area contributed by atoms with Crippen LogP contribution in [-0.2, 0) is 0 Å².